The van der Waals surface area contributed by atoms with Gasteiger partial charge in [-0.2, -0.15) is 0 Å². The summed E-state index contributed by atoms with van der Waals surface area (Å²) in [7, 11) is 0. The average molecular weight is 549 g/mol. The molecule has 0 aliphatic rings. The normalized spacial score (nSPS) is 11.7. The topological polar surface area (TPSA) is 20.2 Å². The molecule has 0 saturated carbocycles. The molecule has 0 saturated heterocycles. The minimum atomic E-state index is 1.04. The van der Waals surface area contributed by atoms with Crippen LogP contribution in [-0.4, -0.2) is 5.11 Å². The van der Waals surface area contributed by atoms with Crippen molar-refractivity contribution in [1.82, 2.24) is 0 Å². The van der Waals surface area contributed by atoms with E-state index in [1.165, 1.54) is 225 Å². The average Bonchev–Trinajstić information content (AvgIpc) is 2.95. The summed E-state index contributed by atoms with van der Waals surface area (Å²) in [5.41, 5.74) is 0. The van der Waals surface area contributed by atoms with Gasteiger partial charge in [-0.15, -0.1) is 0 Å². The third kappa shape index (κ3) is 37.5. The van der Waals surface area contributed by atoms with E-state index in [0.717, 1.165) is 6.42 Å². The molecule has 0 heterocycles. The lowest BCUT2D eigenvalue weighted by atomic mass is 10.0. The number of unbranched alkanes of at least 4 members (excludes halogenated alkanes) is 34. The zero-order valence-electron chi connectivity index (χ0n) is 27.4. The maximum Gasteiger partial charge on any atom is 0.0751 e. The largest absolute Gasteiger partial charge is 0.516 e. The van der Waals surface area contributed by atoms with E-state index in [2.05, 4.69) is 6.92 Å². The molecule has 0 aliphatic heterocycles. The fraction of sp³-hybridized carbons (Fsp3) is 0.947. The van der Waals surface area contributed by atoms with Crippen LogP contribution in [0.4, 0.5) is 0 Å². The van der Waals surface area contributed by atoms with Gasteiger partial charge in [0.05, 0.1) is 6.26 Å². The van der Waals surface area contributed by atoms with Gasteiger partial charge in [-0.1, -0.05) is 225 Å². The fourth-order valence-electron chi connectivity index (χ4n) is 6.07. The van der Waals surface area contributed by atoms with Gasteiger partial charge >= 0.3 is 0 Å². The van der Waals surface area contributed by atoms with Crippen molar-refractivity contribution in [2.24, 2.45) is 0 Å². The summed E-state index contributed by atoms with van der Waals surface area (Å²) in [5, 5.41) is 8.61. The van der Waals surface area contributed by atoms with Gasteiger partial charge < -0.3 is 5.11 Å². The maximum atomic E-state index is 8.61. The van der Waals surface area contributed by atoms with E-state index >= 15 is 0 Å². The van der Waals surface area contributed by atoms with E-state index in [0.29, 0.717) is 0 Å². The van der Waals surface area contributed by atoms with Gasteiger partial charge in [0.25, 0.3) is 0 Å². The number of rotatable bonds is 35. The highest BCUT2D eigenvalue weighted by Gasteiger charge is 1.97. The molecule has 1 N–H and O–H groups in total. The Hall–Kier alpha value is -0.460. The molecule has 39 heavy (non-hydrogen) atoms. The number of hydrogen-bond donors (Lipinski definition) is 1. The van der Waals surface area contributed by atoms with Crippen molar-refractivity contribution in [3.8, 4) is 0 Å². The van der Waals surface area contributed by atoms with Crippen LogP contribution in [0.1, 0.15) is 232 Å². The van der Waals surface area contributed by atoms with Crippen molar-refractivity contribution in [2.45, 2.75) is 232 Å². The second kappa shape index (κ2) is 37.5. The molecule has 0 atom stereocenters. The molecule has 0 aromatic rings. The molecule has 0 amide bonds. The highest BCUT2D eigenvalue weighted by molar-refractivity contribution is 4.70. The lowest BCUT2D eigenvalue weighted by molar-refractivity contribution is 0.469. The lowest BCUT2D eigenvalue weighted by Gasteiger charge is -2.05. The molecule has 0 spiro atoms. The van der Waals surface area contributed by atoms with Gasteiger partial charge in [0.1, 0.15) is 0 Å². The van der Waals surface area contributed by atoms with Gasteiger partial charge in [-0.25, -0.2) is 0 Å². The molecule has 0 fully saturated rings. The maximum absolute atomic E-state index is 8.61. The first-order valence-electron chi connectivity index (χ1n) is 18.7. The Kier molecular flexibility index (Phi) is 37.1. The van der Waals surface area contributed by atoms with Crippen LogP contribution in [0.5, 0.6) is 0 Å². The fourth-order valence-corrected chi connectivity index (χ4v) is 6.07. The molecule has 0 aromatic heterocycles. The Balaban J connectivity index is 3.02. The van der Waals surface area contributed by atoms with Crippen molar-refractivity contribution in [2.75, 3.05) is 0 Å². The number of hydrogen-bond acceptors (Lipinski definition) is 1. The van der Waals surface area contributed by atoms with Gasteiger partial charge in [0.15, 0.2) is 0 Å². The third-order valence-corrected chi connectivity index (χ3v) is 8.83. The zero-order chi connectivity index (χ0) is 28.2. The van der Waals surface area contributed by atoms with Crippen molar-refractivity contribution < 1.29 is 5.11 Å². The predicted octanol–water partition coefficient (Wildman–Crippen LogP) is 14.7. The summed E-state index contributed by atoms with van der Waals surface area (Å²) in [6.45, 7) is 2.31. The molecule has 0 aromatic carbocycles. The Labute approximate surface area is 248 Å². The van der Waals surface area contributed by atoms with Crippen LogP contribution >= 0.6 is 0 Å². The molecule has 0 rings (SSSR count). The first kappa shape index (κ1) is 38.5. The van der Waals surface area contributed by atoms with Gasteiger partial charge in [0, 0.05) is 0 Å². The van der Waals surface area contributed by atoms with Crippen LogP contribution in [0.3, 0.4) is 0 Å². The summed E-state index contributed by atoms with van der Waals surface area (Å²) in [5.74, 6) is 0. The number of aliphatic hydroxyl groups excluding tert-OH is 1. The first-order chi connectivity index (χ1) is 19.4. The Morgan fingerprint density at radius 3 is 0.641 bits per heavy atom. The van der Waals surface area contributed by atoms with Crippen LogP contribution in [0.15, 0.2) is 12.3 Å². The Bertz CT molecular complexity index is 428. The molecule has 0 radical (unpaired) electrons. The second-order valence-electron chi connectivity index (χ2n) is 12.8. The van der Waals surface area contributed by atoms with Crippen LogP contribution in [0.2, 0.25) is 0 Å². The first-order valence-corrected chi connectivity index (χ1v) is 18.7. The molecule has 0 aliphatic carbocycles. The lowest BCUT2D eigenvalue weighted by Crippen LogP contribution is -1.85. The molecular weight excluding hydrogens is 472 g/mol. The van der Waals surface area contributed by atoms with Crippen molar-refractivity contribution in [3.63, 3.8) is 0 Å². The van der Waals surface area contributed by atoms with Gasteiger partial charge in [0.2, 0.25) is 0 Å². The summed E-state index contributed by atoms with van der Waals surface area (Å²) in [6.07, 6.45) is 53.6. The second-order valence-corrected chi connectivity index (χ2v) is 12.8. The zero-order valence-corrected chi connectivity index (χ0v) is 27.4. The molecular formula is C38H76O. The highest BCUT2D eigenvalue weighted by Crippen LogP contribution is 2.17. The van der Waals surface area contributed by atoms with Gasteiger partial charge in [-0.05, 0) is 12.8 Å². The van der Waals surface area contributed by atoms with E-state index in [-0.39, 0.29) is 0 Å². The molecule has 234 valence electrons. The van der Waals surface area contributed by atoms with Crippen molar-refractivity contribution in [1.29, 1.82) is 0 Å². The van der Waals surface area contributed by atoms with Crippen LogP contribution in [0, 0.1) is 0 Å². The Morgan fingerprint density at radius 1 is 0.282 bits per heavy atom. The molecule has 0 bridgehead atoms. The monoisotopic (exact) mass is 549 g/mol. The van der Waals surface area contributed by atoms with E-state index in [1.54, 1.807) is 0 Å². The van der Waals surface area contributed by atoms with Crippen molar-refractivity contribution >= 4 is 0 Å². The van der Waals surface area contributed by atoms with E-state index in [4.69, 9.17) is 5.11 Å². The SMILES string of the molecule is CCCCCCCCCCCCCCCCCCCCCCCCCCCCCCCCCCCCC=CO. The number of aliphatic hydroxyl groups is 1. The summed E-state index contributed by atoms with van der Waals surface area (Å²) >= 11 is 0. The standard InChI is InChI=1S/C38H76O/c1-2-3-4-5-6-7-8-9-10-11-12-13-14-15-16-17-18-19-20-21-22-23-24-25-26-27-28-29-30-31-32-33-34-35-36-37-38-39/h37-39H,2-36H2,1H3. The predicted molar refractivity (Wildman–Crippen MR) is 179 cm³/mol. The quantitative estimate of drug-likeness (QED) is 0.0616. The molecule has 1 heteroatoms. The minimum absolute atomic E-state index is 1.04. The summed E-state index contributed by atoms with van der Waals surface area (Å²) in [4.78, 5) is 0. The van der Waals surface area contributed by atoms with Crippen LogP contribution in [-0.2, 0) is 0 Å². The van der Waals surface area contributed by atoms with Crippen LogP contribution < -0.4 is 0 Å². The van der Waals surface area contributed by atoms with E-state index < -0.39 is 0 Å². The minimum Gasteiger partial charge on any atom is -0.516 e. The van der Waals surface area contributed by atoms with Crippen molar-refractivity contribution in [3.05, 3.63) is 12.3 Å². The highest BCUT2D eigenvalue weighted by atomic mass is 16.2. The third-order valence-electron chi connectivity index (χ3n) is 8.83. The smallest absolute Gasteiger partial charge is 0.0751 e. The summed E-state index contributed by atoms with van der Waals surface area (Å²) in [6, 6.07) is 0. The van der Waals surface area contributed by atoms with Gasteiger partial charge in [-0.3, -0.25) is 0 Å². The Morgan fingerprint density at radius 2 is 0.462 bits per heavy atom. The van der Waals surface area contributed by atoms with E-state index in [1.807, 2.05) is 6.08 Å². The van der Waals surface area contributed by atoms with E-state index in [9.17, 15) is 0 Å². The van der Waals surface area contributed by atoms with Crippen LogP contribution in [0.25, 0.3) is 0 Å². The summed E-state index contributed by atoms with van der Waals surface area (Å²) < 4.78 is 0. The number of allylic oxidation sites excluding steroid dienone is 1. The molecule has 0 unspecified atom stereocenters. The molecule has 1 nitrogen and oxygen atoms in total.